The number of thiophene rings is 1. The van der Waals surface area contributed by atoms with Crippen LogP contribution in [0.25, 0.3) is 0 Å². The Labute approximate surface area is 142 Å². The van der Waals surface area contributed by atoms with Crippen molar-refractivity contribution in [2.24, 2.45) is 0 Å². The zero-order chi connectivity index (χ0) is 15.6. The zero-order valence-corrected chi connectivity index (χ0v) is 15.4. The second kappa shape index (κ2) is 6.89. The third-order valence-electron chi connectivity index (χ3n) is 3.42. The molecule has 1 unspecified atom stereocenters. The predicted molar refractivity (Wildman–Crippen MR) is 94.3 cm³/mol. The van der Waals surface area contributed by atoms with Crippen molar-refractivity contribution in [1.29, 1.82) is 0 Å². The molecule has 0 aliphatic carbocycles. The first-order valence-corrected chi connectivity index (χ1v) is 8.87. The average molecular weight is 388 g/mol. The Kier molecular flexibility index (Phi) is 5.40. The maximum Gasteiger partial charge on any atom is 0.253 e. The van der Waals surface area contributed by atoms with E-state index in [1.165, 1.54) is 0 Å². The lowest BCUT2D eigenvalue weighted by Crippen LogP contribution is -2.47. The first kappa shape index (κ1) is 16.5. The summed E-state index contributed by atoms with van der Waals surface area (Å²) in [5.41, 5.74) is 1.56. The van der Waals surface area contributed by atoms with Gasteiger partial charge in [-0.15, -0.1) is 11.3 Å². The molecule has 0 aromatic carbocycles. The van der Waals surface area contributed by atoms with E-state index >= 15 is 0 Å². The van der Waals surface area contributed by atoms with Gasteiger partial charge in [0.2, 0.25) is 0 Å². The molecule has 0 radical (unpaired) electrons. The van der Waals surface area contributed by atoms with E-state index in [9.17, 15) is 4.79 Å². The van der Waals surface area contributed by atoms with E-state index in [-0.39, 0.29) is 11.9 Å². The largest absolute Gasteiger partial charge is 0.350 e. The molecule has 0 saturated heterocycles. The molecule has 7 heteroatoms. The number of amides is 1. The van der Waals surface area contributed by atoms with Crippen LogP contribution in [0, 0.1) is 0 Å². The van der Waals surface area contributed by atoms with Crippen LogP contribution in [0.2, 0.25) is 0 Å². The van der Waals surface area contributed by atoms with Crippen LogP contribution in [-0.2, 0) is 4.79 Å². The lowest BCUT2D eigenvalue weighted by Gasteiger charge is -2.32. The highest BCUT2D eigenvalue weighted by Crippen LogP contribution is 2.33. The molecule has 2 heterocycles. The molecular formula is C14H18BrN3OS2. The normalized spacial score (nSPS) is 18.3. The number of rotatable bonds is 4. The summed E-state index contributed by atoms with van der Waals surface area (Å²) in [6.45, 7) is 7.26. The summed E-state index contributed by atoms with van der Waals surface area (Å²) in [6, 6.07) is 1.84. The number of thiocarbonyl (C=S) groups is 1. The molecule has 1 aliphatic rings. The van der Waals surface area contributed by atoms with Crippen LogP contribution in [0.4, 0.5) is 0 Å². The van der Waals surface area contributed by atoms with Gasteiger partial charge in [0.05, 0.1) is 11.6 Å². The molecule has 1 atom stereocenters. The molecule has 0 spiro atoms. The van der Waals surface area contributed by atoms with Crippen molar-refractivity contribution in [1.82, 2.24) is 15.5 Å². The third kappa shape index (κ3) is 3.46. The summed E-state index contributed by atoms with van der Waals surface area (Å²) in [5, 5.41) is 8.84. The van der Waals surface area contributed by atoms with Gasteiger partial charge >= 0.3 is 0 Å². The van der Waals surface area contributed by atoms with Crippen molar-refractivity contribution in [3.05, 3.63) is 32.1 Å². The lowest BCUT2D eigenvalue weighted by atomic mass is 10.00. The highest BCUT2D eigenvalue weighted by molar-refractivity contribution is 9.10. The van der Waals surface area contributed by atoms with Crippen LogP contribution >= 0.6 is 39.5 Å². The summed E-state index contributed by atoms with van der Waals surface area (Å²) in [5.74, 6) is 0.0505. The number of carbonyl (C=O) groups excluding carboxylic acids is 1. The Morgan fingerprint density at radius 2 is 2.14 bits per heavy atom. The number of allylic oxidation sites excluding steroid dienone is 1. The molecule has 114 valence electrons. The molecule has 1 aromatic heterocycles. The maximum absolute atomic E-state index is 12.8. The summed E-state index contributed by atoms with van der Waals surface area (Å²) < 4.78 is 1.01. The number of nitrogens with one attached hydrogen (secondary N) is 2. The number of likely N-dealkylation sites (N-methyl/N-ethyl adjacent to an activating group) is 1. The van der Waals surface area contributed by atoms with Crippen LogP contribution in [-0.4, -0.2) is 29.0 Å². The minimum absolute atomic E-state index is 0.0505. The highest BCUT2D eigenvalue weighted by atomic mass is 79.9. The lowest BCUT2D eigenvalue weighted by molar-refractivity contribution is -0.127. The van der Waals surface area contributed by atoms with Crippen LogP contribution in [0.5, 0.6) is 0 Å². The van der Waals surface area contributed by atoms with E-state index in [1.54, 1.807) is 11.3 Å². The van der Waals surface area contributed by atoms with Gasteiger partial charge in [-0.1, -0.05) is 0 Å². The van der Waals surface area contributed by atoms with Crippen LogP contribution < -0.4 is 10.6 Å². The van der Waals surface area contributed by atoms with Crippen molar-refractivity contribution >= 4 is 50.5 Å². The number of halogens is 1. The van der Waals surface area contributed by atoms with E-state index in [0.29, 0.717) is 18.2 Å². The van der Waals surface area contributed by atoms with Crippen LogP contribution in [0.1, 0.15) is 31.7 Å². The van der Waals surface area contributed by atoms with Crippen molar-refractivity contribution < 1.29 is 4.79 Å². The van der Waals surface area contributed by atoms with Gasteiger partial charge < -0.3 is 15.5 Å². The van der Waals surface area contributed by atoms with Crippen molar-refractivity contribution in [2.45, 2.75) is 26.8 Å². The summed E-state index contributed by atoms with van der Waals surface area (Å²) in [4.78, 5) is 15.7. The summed E-state index contributed by atoms with van der Waals surface area (Å²) >= 11 is 10.3. The first-order valence-electron chi connectivity index (χ1n) is 6.79. The second-order valence-corrected chi connectivity index (χ2v) is 6.98. The number of hydrogen-bond acceptors (Lipinski definition) is 3. The minimum atomic E-state index is -0.192. The molecule has 0 fully saturated rings. The third-order valence-corrected chi connectivity index (χ3v) is 5.40. The van der Waals surface area contributed by atoms with E-state index in [2.05, 4.69) is 26.6 Å². The van der Waals surface area contributed by atoms with Gasteiger partial charge in [0, 0.05) is 33.5 Å². The highest BCUT2D eigenvalue weighted by Gasteiger charge is 2.32. The van der Waals surface area contributed by atoms with E-state index in [1.807, 2.05) is 37.1 Å². The maximum atomic E-state index is 12.8. The van der Waals surface area contributed by atoms with Crippen molar-refractivity contribution in [2.75, 3.05) is 13.1 Å². The fourth-order valence-electron chi connectivity index (χ4n) is 2.35. The molecule has 21 heavy (non-hydrogen) atoms. The van der Waals surface area contributed by atoms with Crippen LogP contribution in [0.15, 0.2) is 27.2 Å². The predicted octanol–water partition coefficient (Wildman–Crippen LogP) is 3.17. The molecule has 2 rings (SSSR count). The Hall–Kier alpha value is -0.920. The fourth-order valence-corrected chi connectivity index (χ4v) is 4.13. The van der Waals surface area contributed by atoms with Gasteiger partial charge in [-0.2, -0.15) is 0 Å². The zero-order valence-electron chi connectivity index (χ0n) is 12.2. The number of hydrogen-bond donors (Lipinski definition) is 2. The molecule has 1 aromatic rings. The number of carbonyl (C=O) groups is 1. The summed E-state index contributed by atoms with van der Waals surface area (Å²) in [6.07, 6.45) is 0. The van der Waals surface area contributed by atoms with Crippen LogP contribution in [0.3, 0.4) is 0 Å². The van der Waals surface area contributed by atoms with Gasteiger partial charge in [0.25, 0.3) is 5.91 Å². The van der Waals surface area contributed by atoms with Gasteiger partial charge in [-0.25, -0.2) is 0 Å². The Bertz CT molecular complexity index is 593. The van der Waals surface area contributed by atoms with Gasteiger partial charge in [-0.05, 0) is 55.0 Å². The van der Waals surface area contributed by atoms with Gasteiger partial charge in [-0.3, -0.25) is 4.79 Å². The Morgan fingerprint density at radius 1 is 1.48 bits per heavy atom. The van der Waals surface area contributed by atoms with Crippen molar-refractivity contribution in [3.63, 3.8) is 0 Å². The second-order valence-electron chi connectivity index (χ2n) is 4.71. The quantitative estimate of drug-likeness (QED) is 0.778. The summed E-state index contributed by atoms with van der Waals surface area (Å²) in [7, 11) is 0. The Morgan fingerprint density at radius 3 is 2.67 bits per heavy atom. The topological polar surface area (TPSA) is 44.4 Å². The van der Waals surface area contributed by atoms with Gasteiger partial charge in [0.1, 0.15) is 0 Å². The first-order chi connectivity index (χ1) is 9.97. The number of nitrogens with zero attached hydrogens (tertiary/aromatic N) is 1. The van der Waals surface area contributed by atoms with Gasteiger partial charge in [0.15, 0.2) is 5.11 Å². The molecule has 2 N–H and O–H groups in total. The molecule has 1 amide bonds. The standard InChI is InChI=1S/C14H18BrN3OS2/c1-4-18(5-2)13(19)11-8(3)16-14(20)17-12(11)10-6-9(15)7-21-10/h6-7,12H,4-5H2,1-3H3,(H2,16,17,20). The smallest absolute Gasteiger partial charge is 0.253 e. The SMILES string of the molecule is CCN(CC)C(=O)C1=C(C)NC(=S)NC1c1cc(Br)cs1. The van der Waals surface area contributed by atoms with Crippen molar-refractivity contribution in [3.8, 4) is 0 Å². The van der Waals surface area contributed by atoms with E-state index in [4.69, 9.17) is 12.2 Å². The molecular weight excluding hydrogens is 370 g/mol. The molecule has 0 bridgehead atoms. The fraction of sp³-hybridized carbons (Fsp3) is 0.429. The minimum Gasteiger partial charge on any atom is -0.350 e. The van der Waals surface area contributed by atoms with E-state index < -0.39 is 0 Å². The monoisotopic (exact) mass is 387 g/mol. The Balaban J connectivity index is 2.43. The molecule has 0 saturated carbocycles. The average Bonchev–Trinajstić information content (AvgIpc) is 2.85. The van der Waals surface area contributed by atoms with E-state index in [0.717, 1.165) is 20.6 Å². The molecule has 4 nitrogen and oxygen atoms in total. The molecule has 1 aliphatic heterocycles.